The van der Waals surface area contributed by atoms with Gasteiger partial charge >= 0.3 is 0 Å². The monoisotopic (exact) mass is 640 g/mol. The maximum Gasteiger partial charge on any atom is 0.0537 e. The van der Waals surface area contributed by atoms with Crippen molar-refractivity contribution in [2.24, 2.45) is 0 Å². The van der Waals surface area contributed by atoms with E-state index in [0.29, 0.717) is 0 Å². The molecule has 0 saturated carbocycles. The molecule has 0 N–H and O–H groups in total. The van der Waals surface area contributed by atoms with Gasteiger partial charge in [0.1, 0.15) is 0 Å². The lowest BCUT2D eigenvalue weighted by atomic mass is 9.91. The minimum absolute atomic E-state index is 1.00. The molecule has 0 fully saturated rings. The van der Waals surface area contributed by atoms with E-state index in [9.17, 15) is 0 Å². The van der Waals surface area contributed by atoms with Crippen LogP contribution in [0, 0.1) is 0 Å². The minimum atomic E-state index is 1.00. The Morgan fingerprint density at radius 3 is 1.36 bits per heavy atom. The molecule has 8 aromatic rings. The molecule has 7 aromatic carbocycles. The summed E-state index contributed by atoms with van der Waals surface area (Å²) in [5, 5.41) is 1.31. The van der Waals surface area contributed by atoms with Crippen LogP contribution in [0.5, 0.6) is 0 Å². The van der Waals surface area contributed by atoms with Gasteiger partial charge in [-0.2, -0.15) is 0 Å². The van der Waals surface area contributed by atoms with Crippen molar-refractivity contribution in [2.75, 3.05) is 4.90 Å². The summed E-state index contributed by atoms with van der Waals surface area (Å²) in [6, 6.07) is 67.7. The first-order valence-corrected chi connectivity index (χ1v) is 17.4. The number of hydrogen-bond acceptors (Lipinski definition) is 1. The fraction of sp³-hybridized carbons (Fsp3) is 0.0417. The first kappa shape index (κ1) is 29.7. The molecule has 1 heterocycles. The van der Waals surface area contributed by atoms with Crippen molar-refractivity contribution in [3.63, 3.8) is 0 Å². The van der Waals surface area contributed by atoms with Crippen LogP contribution >= 0.6 is 0 Å². The van der Waals surface area contributed by atoms with Gasteiger partial charge in [0.05, 0.1) is 5.52 Å². The molecule has 0 amide bonds. The Balaban J connectivity index is 1.08. The summed E-state index contributed by atoms with van der Waals surface area (Å²) in [4.78, 5) is 2.36. The SMILES string of the molecule is C1=C(c2ccc(N(c3ccc(-c4ccccc4)cc3)c3ccc(-c4ccccc4)cc3)cc2)CCc2c1c1ccccc1n2-c1ccccc1. The standard InChI is InChI=1S/C48H36N2/c1-4-12-35(13-5-1)37-20-27-42(28-21-37)49(43-29-22-38(23-30-43)36-14-6-2-7-15-36)44-31-24-39(25-32-44)40-26-33-48-46(34-40)45-18-10-11-19-47(45)50(48)41-16-8-3-9-17-41/h1-25,27-32,34H,26,33H2. The molecule has 1 aliphatic rings. The fourth-order valence-corrected chi connectivity index (χ4v) is 7.46. The van der Waals surface area contributed by atoms with Crippen LogP contribution in [0.1, 0.15) is 23.2 Å². The number of allylic oxidation sites excluding steroid dienone is 1. The molecule has 0 unspecified atom stereocenters. The van der Waals surface area contributed by atoms with Gasteiger partial charge < -0.3 is 9.47 Å². The van der Waals surface area contributed by atoms with Gasteiger partial charge in [-0.25, -0.2) is 0 Å². The van der Waals surface area contributed by atoms with Gasteiger partial charge in [0.2, 0.25) is 0 Å². The van der Waals surface area contributed by atoms with E-state index in [0.717, 1.165) is 29.9 Å². The number of anilines is 3. The second-order valence-corrected chi connectivity index (χ2v) is 12.9. The molecule has 0 saturated heterocycles. The molecule has 238 valence electrons. The normalized spacial score (nSPS) is 12.4. The van der Waals surface area contributed by atoms with Crippen molar-refractivity contribution in [3.8, 4) is 27.9 Å². The van der Waals surface area contributed by atoms with Gasteiger partial charge in [-0.15, -0.1) is 0 Å². The van der Waals surface area contributed by atoms with Crippen molar-refractivity contribution >= 4 is 39.6 Å². The highest BCUT2D eigenvalue weighted by Gasteiger charge is 2.22. The van der Waals surface area contributed by atoms with Crippen LogP contribution in [0.15, 0.2) is 188 Å². The Hall–Kier alpha value is -6.38. The molecule has 1 aromatic heterocycles. The molecule has 2 nitrogen and oxygen atoms in total. The Bertz CT molecular complexity index is 2340. The highest BCUT2D eigenvalue weighted by Crippen LogP contribution is 2.41. The van der Waals surface area contributed by atoms with Gasteiger partial charge in [0, 0.05) is 39.4 Å². The van der Waals surface area contributed by atoms with Crippen LogP contribution in [-0.2, 0) is 6.42 Å². The third kappa shape index (κ3) is 5.51. The van der Waals surface area contributed by atoms with Crippen LogP contribution in [-0.4, -0.2) is 4.57 Å². The number of hydrogen-bond donors (Lipinski definition) is 0. The smallest absolute Gasteiger partial charge is 0.0537 e. The summed E-state index contributed by atoms with van der Waals surface area (Å²) in [6.45, 7) is 0. The van der Waals surface area contributed by atoms with Crippen molar-refractivity contribution in [2.45, 2.75) is 12.8 Å². The minimum Gasteiger partial charge on any atom is -0.313 e. The van der Waals surface area contributed by atoms with Gasteiger partial charge in [0.25, 0.3) is 0 Å². The molecule has 0 atom stereocenters. The lowest BCUT2D eigenvalue weighted by Gasteiger charge is -2.26. The molecule has 0 bridgehead atoms. The molecule has 9 rings (SSSR count). The number of fused-ring (bicyclic) bond motifs is 3. The number of rotatable bonds is 7. The van der Waals surface area contributed by atoms with Crippen LogP contribution in [0.25, 0.3) is 50.5 Å². The Morgan fingerprint density at radius 2 is 0.820 bits per heavy atom. The molecule has 0 spiro atoms. The summed E-state index contributed by atoms with van der Waals surface area (Å²) >= 11 is 0. The Labute approximate surface area is 293 Å². The molecular weight excluding hydrogens is 605 g/mol. The van der Waals surface area contributed by atoms with Crippen LogP contribution in [0.2, 0.25) is 0 Å². The number of aromatic nitrogens is 1. The first-order valence-electron chi connectivity index (χ1n) is 17.4. The summed E-state index contributed by atoms with van der Waals surface area (Å²) in [6.07, 6.45) is 4.43. The number of benzene rings is 7. The predicted octanol–water partition coefficient (Wildman–Crippen LogP) is 12.9. The van der Waals surface area contributed by atoms with E-state index in [1.165, 1.54) is 61.2 Å². The Kier molecular flexibility index (Phi) is 7.68. The first-order chi connectivity index (χ1) is 24.8. The maximum absolute atomic E-state index is 2.45. The molecule has 50 heavy (non-hydrogen) atoms. The zero-order chi connectivity index (χ0) is 33.3. The molecular formula is C48H36N2. The third-order valence-corrected chi connectivity index (χ3v) is 9.94. The average molecular weight is 641 g/mol. The van der Waals surface area contributed by atoms with E-state index in [4.69, 9.17) is 0 Å². The molecule has 0 radical (unpaired) electrons. The zero-order valence-corrected chi connectivity index (χ0v) is 27.8. The predicted molar refractivity (Wildman–Crippen MR) is 211 cm³/mol. The van der Waals surface area contributed by atoms with Gasteiger partial charge in [-0.1, -0.05) is 133 Å². The quantitative estimate of drug-likeness (QED) is 0.168. The van der Waals surface area contributed by atoms with Crippen LogP contribution in [0.3, 0.4) is 0 Å². The highest BCUT2D eigenvalue weighted by molar-refractivity contribution is 5.99. The second-order valence-electron chi connectivity index (χ2n) is 12.9. The molecule has 2 heteroatoms. The summed E-state index contributed by atoms with van der Waals surface area (Å²) in [5.74, 6) is 0. The van der Waals surface area contributed by atoms with E-state index in [-0.39, 0.29) is 0 Å². The van der Waals surface area contributed by atoms with E-state index < -0.39 is 0 Å². The number of para-hydroxylation sites is 2. The summed E-state index contributed by atoms with van der Waals surface area (Å²) in [5.41, 5.74) is 16.1. The van der Waals surface area contributed by atoms with Crippen molar-refractivity contribution in [1.29, 1.82) is 0 Å². The average Bonchev–Trinajstić information content (AvgIpc) is 3.53. The van der Waals surface area contributed by atoms with E-state index in [1.54, 1.807) is 0 Å². The molecule has 0 aliphatic heterocycles. The van der Waals surface area contributed by atoms with Gasteiger partial charge in [-0.3, -0.25) is 0 Å². The van der Waals surface area contributed by atoms with Crippen molar-refractivity contribution < 1.29 is 0 Å². The fourth-order valence-electron chi connectivity index (χ4n) is 7.46. The highest BCUT2D eigenvalue weighted by atomic mass is 15.1. The van der Waals surface area contributed by atoms with E-state index >= 15 is 0 Å². The zero-order valence-electron chi connectivity index (χ0n) is 27.8. The van der Waals surface area contributed by atoms with Gasteiger partial charge in [0.15, 0.2) is 0 Å². The number of nitrogens with zero attached hydrogens (tertiary/aromatic N) is 2. The van der Waals surface area contributed by atoms with E-state index in [1.807, 2.05) is 0 Å². The summed E-state index contributed by atoms with van der Waals surface area (Å²) in [7, 11) is 0. The maximum atomic E-state index is 2.45. The van der Waals surface area contributed by atoms with Crippen molar-refractivity contribution in [1.82, 2.24) is 4.57 Å². The lowest BCUT2D eigenvalue weighted by Crippen LogP contribution is -2.10. The second kappa shape index (κ2) is 12.9. The van der Waals surface area contributed by atoms with E-state index in [2.05, 4.69) is 204 Å². The lowest BCUT2D eigenvalue weighted by molar-refractivity contribution is 0.898. The largest absolute Gasteiger partial charge is 0.313 e. The van der Waals surface area contributed by atoms with Crippen LogP contribution in [0.4, 0.5) is 17.1 Å². The van der Waals surface area contributed by atoms with Crippen molar-refractivity contribution in [3.05, 3.63) is 205 Å². The van der Waals surface area contributed by atoms with Gasteiger partial charge in [-0.05, 0) is 107 Å². The molecule has 1 aliphatic carbocycles. The summed E-state index contributed by atoms with van der Waals surface area (Å²) < 4.78 is 2.45. The topological polar surface area (TPSA) is 8.17 Å². The third-order valence-electron chi connectivity index (χ3n) is 9.94. The van der Waals surface area contributed by atoms with Crippen LogP contribution < -0.4 is 4.90 Å². The Morgan fingerprint density at radius 1 is 0.380 bits per heavy atom.